The third kappa shape index (κ3) is 2.73. The molecule has 1 aliphatic carbocycles. The second kappa shape index (κ2) is 5.44. The molecule has 0 radical (unpaired) electrons. The van der Waals surface area contributed by atoms with E-state index in [-0.39, 0.29) is 11.5 Å². The zero-order valence-corrected chi connectivity index (χ0v) is 12.2. The van der Waals surface area contributed by atoms with Gasteiger partial charge in [-0.2, -0.15) is 9.40 Å². The predicted molar refractivity (Wildman–Crippen MR) is 72.7 cm³/mol. The zero-order valence-electron chi connectivity index (χ0n) is 11.3. The molecule has 1 N–H and O–H groups in total. The third-order valence-corrected chi connectivity index (χ3v) is 5.76. The molecule has 3 rings (SSSR count). The van der Waals surface area contributed by atoms with Gasteiger partial charge in [-0.05, 0) is 12.8 Å². The van der Waals surface area contributed by atoms with Crippen molar-refractivity contribution < 1.29 is 13.5 Å². The third-order valence-electron chi connectivity index (χ3n) is 3.91. The standard InChI is InChI=1S/C12H20N4O3S/c17-8-7-15-10-12(9-13-15)20(18,19)16-5-3-14(4-6-16)11-1-2-11/h9-11,17H,1-8H2. The van der Waals surface area contributed by atoms with Crippen LogP contribution >= 0.6 is 0 Å². The average Bonchev–Trinajstić information content (AvgIpc) is 3.19. The number of sulfonamides is 1. The van der Waals surface area contributed by atoms with E-state index < -0.39 is 10.0 Å². The van der Waals surface area contributed by atoms with E-state index in [1.807, 2.05) is 0 Å². The highest BCUT2D eigenvalue weighted by molar-refractivity contribution is 7.89. The molecule has 0 unspecified atom stereocenters. The first-order valence-corrected chi connectivity index (χ1v) is 8.43. The first-order valence-electron chi connectivity index (χ1n) is 6.99. The lowest BCUT2D eigenvalue weighted by atomic mass is 10.3. The summed E-state index contributed by atoms with van der Waals surface area (Å²) in [6.07, 6.45) is 5.35. The Hall–Kier alpha value is -0.960. The van der Waals surface area contributed by atoms with Crippen LogP contribution in [0.5, 0.6) is 0 Å². The molecule has 0 spiro atoms. The minimum absolute atomic E-state index is 0.0543. The largest absolute Gasteiger partial charge is 0.394 e. The van der Waals surface area contributed by atoms with Gasteiger partial charge in [-0.1, -0.05) is 0 Å². The minimum atomic E-state index is -3.45. The van der Waals surface area contributed by atoms with Crippen LogP contribution in [-0.4, -0.2) is 71.3 Å². The lowest BCUT2D eigenvalue weighted by molar-refractivity contribution is 0.180. The smallest absolute Gasteiger partial charge is 0.246 e. The van der Waals surface area contributed by atoms with E-state index in [4.69, 9.17) is 5.11 Å². The SMILES string of the molecule is O=S(=O)(c1cnn(CCO)c1)N1CCN(C2CC2)CC1. The van der Waals surface area contributed by atoms with Gasteiger partial charge in [0.1, 0.15) is 4.90 Å². The Bertz CT molecular complexity index is 559. The summed E-state index contributed by atoms with van der Waals surface area (Å²) in [5, 5.41) is 12.8. The second-order valence-corrected chi connectivity index (χ2v) is 7.27. The van der Waals surface area contributed by atoms with Crippen molar-refractivity contribution in [2.45, 2.75) is 30.3 Å². The van der Waals surface area contributed by atoms with Crippen LogP contribution in [-0.2, 0) is 16.6 Å². The first-order chi connectivity index (χ1) is 9.61. The Morgan fingerprint density at radius 3 is 2.55 bits per heavy atom. The Balaban J connectivity index is 1.67. The quantitative estimate of drug-likeness (QED) is 0.781. The van der Waals surface area contributed by atoms with Crippen molar-refractivity contribution >= 4 is 10.0 Å². The fraction of sp³-hybridized carbons (Fsp3) is 0.750. The molecule has 2 fully saturated rings. The van der Waals surface area contributed by atoms with Gasteiger partial charge in [0.15, 0.2) is 0 Å². The van der Waals surface area contributed by atoms with Gasteiger partial charge in [-0.25, -0.2) is 8.42 Å². The summed E-state index contributed by atoms with van der Waals surface area (Å²) in [6, 6.07) is 0.687. The maximum absolute atomic E-state index is 12.5. The Kier molecular flexibility index (Phi) is 3.80. The van der Waals surface area contributed by atoms with Crippen LogP contribution in [0.25, 0.3) is 0 Å². The van der Waals surface area contributed by atoms with Crippen molar-refractivity contribution in [2.75, 3.05) is 32.8 Å². The van der Waals surface area contributed by atoms with Crippen molar-refractivity contribution in [3.05, 3.63) is 12.4 Å². The normalized spacial score (nSPS) is 22.2. The summed E-state index contributed by atoms with van der Waals surface area (Å²) >= 11 is 0. The lowest BCUT2D eigenvalue weighted by Crippen LogP contribution is -2.49. The van der Waals surface area contributed by atoms with Crippen LogP contribution in [0.15, 0.2) is 17.3 Å². The molecule has 1 aromatic rings. The average molecular weight is 300 g/mol. The molecule has 1 aromatic heterocycles. The van der Waals surface area contributed by atoms with E-state index in [1.54, 1.807) is 0 Å². The summed E-state index contributed by atoms with van der Waals surface area (Å²) in [4.78, 5) is 2.59. The highest BCUT2D eigenvalue weighted by Gasteiger charge is 2.35. The molecule has 1 aliphatic heterocycles. The fourth-order valence-electron chi connectivity index (χ4n) is 2.60. The molecular formula is C12H20N4O3S. The Morgan fingerprint density at radius 1 is 1.25 bits per heavy atom. The van der Waals surface area contributed by atoms with E-state index in [0.717, 1.165) is 13.1 Å². The summed E-state index contributed by atoms with van der Waals surface area (Å²) in [5.41, 5.74) is 0. The van der Waals surface area contributed by atoms with E-state index in [9.17, 15) is 8.42 Å². The minimum Gasteiger partial charge on any atom is -0.394 e. The van der Waals surface area contributed by atoms with E-state index >= 15 is 0 Å². The monoisotopic (exact) mass is 300 g/mol. The number of hydrogen-bond donors (Lipinski definition) is 1. The number of hydrogen-bond acceptors (Lipinski definition) is 5. The molecule has 2 aliphatic rings. The van der Waals surface area contributed by atoms with Gasteiger partial charge in [0, 0.05) is 38.4 Å². The van der Waals surface area contributed by atoms with Crippen LogP contribution in [0.4, 0.5) is 0 Å². The van der Waals surface area contributed by atoms with Gasteiger partial charge >= 0.3 is 0 Å². The fourth-order valence-corrected chi connectivity index (χ4v) is 3.98. The molecule has 8 heteroatoms. The summed E-state index contributed by atoms with van der Waals surface area (Å²) in [5.74, 6) is 0. The molecule has 20 heavy (non-hydrogen) atoms. The Morgan fingerprint density at radius 2 is 1.95 bits per heavy atom. The molecule has 0 aromatic carbocycles. The molecule has 2 heterocycles. The summed E-state index contributed by atoms with van der Waals surface area (Å²) in [6.45, 7) is 2.98. The molecule has 112 valence electrons. The topological polar surface area (TPSA) is 78.7 Å². The molecule has 7 nitrogen and oxygen atoms in total. The first kappa shape index (κ1) is 14.0. The highest BCUT2D eigenvalue weighted by atomic mass is 32.2. The van der Waals surface area contributed by atoms with E-state index in [2.05, 4.69) is 10.00 Å². The summed E-state index contributed by atoms with van der Waals surface area (Å²) in [7, 11) is -3.45. The Labute approximate surface area is 118 Å². The zero-order chi connectivity index (χ0) is 14.2. The highest BCUT2D eigenvalue weighted by Crippen LogP contribution is 2.28. The summed E-state index contributed by atoms with van der Waals surface area (Å²) < 4.78 is 28.0. The van der Waals surface area contributed by atoms with Gasteiger partial charge in [0.25, 0.3) is 0 Å². The van der Waals surface area contributed by atoms with Crippen molar-refractivity contribution in [3.63, 3.8) is 0 Å². The lowest BCUT2D eigenvalue weighted by Gasteiger charge is -2.33. The van der Waals surface area contributed by atoms with Gasteiger partial charge in [-0.15, -0.1) is 0 Å². The number of aliphatic hydroxyl groups excluding tert-OH is 1. The van der Waals surface area contributed by atoms with E-state index in [1.165, 1.54) is 34.2 Å². The van der Waals surface area contributed by atoms with Crippen LogP contribution in [0.1, 0.15) is 12.8 Å². The molecule has 1 saturated carbocycles. The van der Waals surface area contributed by atoms with Crippen molar-refractivity contribution in [3.8, 4) is 0 Å². The number of piperazine rings is 1. The predicted octanol–water partition coefficient (Wildman–Crippen LogP) is -0.656. The number of aromatic nitrogens is 2. The van der Waals surface area contributed by atoms with Gasteiger partial charge < -0.3 is 5.11 Å². The molecule has 0 amide bonds. The second-order valence-electron chi connectivity index (χ2n) is 5.33. The van der Waals surface area contributed by atoms with Gasteiger partial charge in [-0.3, -0.25) is 9.58 Å². The van der Waals surface area contributed by atoms with Crippen LogP contribution in [0.3, 0.4) is 0 Å². The van der Waals surface area contributed by atoms with E-state index in [0.29, 0.717) is 25.7 Å². The van der Waals surface area contributed by atoms with Crippen LogP contribution < -0.4 is 0 Å². The van der Waals surface area contributed by atoms with Gasteiger partial charge in [0.2, 0.25) is 10.0 Å². The number of rotatable bonds is 5. The number of aliphatic hydroxyl groups is 1. The van der Waals surface area contributed by atoms with Crippen molar-refractivity contribution in [1.82, 2.24) is 19.0 Å². The van der Waals surface area contributed by atoms with Crippen molar-refractivity contribution in [2.24, 2.45) is 0 Å². The van der Waals surface area contributed by atoms with Crippen molar-refractivity contribution in [1.29, 1.82) is 0 Å². The molecule has 0 atom stereocenters. The molecular weight excluding hydrogens is 280 g/mol. The van der Waals surface area contributed by atoms with Gasteiger partial charge in [0.05, 0.1) is 19.3 Å². The molecule has 0 bridgehead atoms. The maximum Gasteiger partial charge on any atom is 0.246 e. The van der Waals surface area contributed by atoms with Crippen LogP contribution in [0.2, 0.25) is 0 Å². The van der Waals surface area contributed by atoms with Crippen LogP contribution in [0, 0.1) is 0 Å². The molecule has 1 saturated heterocycles. The number of nitrogens with zero attached hydrogens (tertiary/aromatic N) is 4. The maximum atomic E-state index is 12.5.